The average Bonchev–Trinajstić information content (AvgIpc) is 3.40. The van der Waals surface area contributed by atoms with Gasteiger partial charge in [0.1, 0.15) is 5.82 Å². The Hall–Kier alpha value is -4.12. The molecule has 1 aliphatic heterocycles. The number of anilines is 2. The average molecular weight is 545 g/mol. The molecule has 2 aromatic carbocycles. The smallest absolute Gasteiger partial charge is 0.282 e. The quantitative estimate of drug-likeness (QED) is 0.213. The van der Waals surface area contributed by atoms with Crippen LogP contribution in [0.2, 0.25) is 0 Å². The van der Waals surface area contributed by atoms with Crippen LogP contribution in [0.25, 0.3) is 17.1 Å². The van der Waals surface area contributed by atoms with Gasteiger partial charge in [-0.2, -0.15) is 10.5 Å². The predicted octanol–water partition coefficient (Wildman–Crippen LogP) is 4.24. The van der Waals surface area contributed by atoms with E-state index in [-0.39, 0.29) is 6.42 Å². The number of rotatable bonds is 10. The molecule has 0 saturated heterocycles. The van der Waals surface area contributed by atoms with E-state index in [2.05, 4.69) is 57.9 Å². The third-order valence-electron chi connectivity index (χ3n) is 6.94. The Bertz CT molecular complexity index is 1640. The molecule has 0 unspecified atom stereocenters. The zero-order chi connectivity index (χ0) is 28.2. The first-order chi connectivity index (χ1) is 18.8. The molecule has 39 heavy (non-hydrogen) atoms. The summed E-state index contributed by atoms with van der Waals surface area (Å²) < 4.78 is 37.5. The Balaban J connectivity index is 1.75. The molecule has 1 aliphatic rings. The number of imidazole rings is 1. The Labute approximate surface area is 229 Å². The molecule has 1 aromatic heterocycles. The Kier molecular flexibility index (Phi) is 8.39. The van der Waals surface area contributed by atoms with Crippen LogP contribution < -0.4 is 14.4 Å². The molecule has 0 atom stereocenters. The summed E-state index contributed by atoms with van der Waals surface area (Å²) >= 11 is 0. The van der Waals surface area contributed by atoms with Gasteiger partial charge in [0.2, 0.25) is 0 Å². The highest BCUT2D eigenvalue weighted by Crippen LogP contribution is 2.41. The van der Waals surface area contributed by atoms with Crippen molar-refractivity contribution in [3.8, 4) is 12.1 Å². The standard InChI is InChI=1S/C29H32N6O3S/c1-4-32-24-14-12-22(20-30)18-26(24)34(6-3)28(32)10-9-11-29-33(5-2)25-15-13-23(21-31)19-27(25)35(29)16-7-8-17-39(36,37)38/h9-15,18-19H,4-8,16-17H2,1-3H3. The number of nitriles is 2. The van der Waals surface area contributed by atoms with Crippen molar-refractivity contribution in [3.05, 3.63) is 71.3 Å². The summed E-state index contributed by atoms with van der Waals surface area (Å²) in [4.78, 5) is 4.41. The third-order valence-corrected chi connectivity index (χ3v) is 7.73. The molecule has 0 bridgehead atoms. The number of benzene rings is 2. The summed E-state index contributed by atoms with van der Waals surface area (Å²) in [6, 6.07) is 15.7. The minimum Gasteiger partial charge on any atom is -0.748 e. The van der Waals surface area contributed by atoms with Gasteiger partial charge in [-0.05, 0) is 70.0 Å². The molecular weight excluding hydrogens is 512 g/mol. The molecule has 0 N–H and O–H groups in total. The van der Waals surface area contributed by atoms with Crippen molar-refractivity contribution in [1.82, 2.24) is 4.57 Å². The summed E-state index contributed by atoms with van der Waals surface area (Å²) in [5, 5.41) is 18.9. The summed E-state index contributed by atoms with van der Waals surface area (Å²) in [6.07, 6.45) is 6.87. The first-order valence-electron chi connectivity index (χ1n) is 13.1. The first-order valence-corrected chi connectivity index (χ1v) is 14.7. The van der Waals surface area contributed by atoms with Crippen LogP contribution in [-0.4, -0.2) is 36.4 Å². The molecule has 10 heteroatoms. The number of aromatic nitrogens is 2. The molecule has 9 nitrogen and oxygen atoms in total. The molecule has 2 heterocycles. The second-order valence-corrected chi connectivity index (χ2v) is 10.7. The van der Waals surface area contributed by atoms with Gasteiger partial charge in [-0.15, -0.1) is 0 Å². The van der Waals surface area contributed by atoms with E-state index in [9.17, 15) is 23.5 Å². The number of aryl methyl sites for hydroxylation is 2. The van der Waals surface area contributed by atoms with Crippen LogP contribution in [0.5, 0.6) is 0 Å². The predicted molar refractivity (Wildman–Crippen MR) is 151 cm³/mol. The highest BCUT2D eigenvalue weighted by atomic mass is 32.2. The van der Waals surface area contributed by atoms with E-state index in [1.807, 2.05) is 42.5 Å². The zero-order valence-electron chi connectivity index (χ0n) is 22.5. The Morgan fingerprint density at radius 2 is 1.62 bits per heavy atom. The number of unbranched alkanes of at least 4 members (excludes halogenated alkanes) is 1. The van der Waals surface area contributed by atoms with Gasteiger partial charge >= 0.3 is 0 Å². The van der Waals surface area contributed by atoms with Gasteiger partial charge in [-0.25, -0.2) is 17.6 Å². The number of hydrogen-bond acceptors (Lipinski definition) is 7. The normalized spacial score (nSPS) is 14.4. The largest absolute Gasteiger partial charge is 0.748 e. The lowest BCUT2D eigenvalue weighted by Gasteiger charge is -2.23. The molecule has 4 rings (SSSR count). The van der Waals surface area contributed by atoms with E-state index >= 15 is 0 Å². The van der Waals surface area contributed by atoms with E-state index < -0.39 is 15.9 Å². The molecule has 0 aliphatic carbocycles. The van der Waals surface area contributed by atoms with Gasteiger partial charge in [-0.3, -0.25) is 0 Å². The Morgan fingerprint density at radius 3 is 2.26 bits per heavy atom. The van der Waals surface area contributed by atoms with Crippen LogP contribution in [0, 0.1) is 22.7 Å². The van der Waals surface area contributed by atoms with Gasteiger partial charge in [0, 0.05) is 31.0 Å². The Morgan fingerprint density at radius 1 is 0.949 bits per heavy atom. The lowest BCUT2D eigenvalue weighted by Crippen LogP contribution is -2.35. The van der Waals surface area contributed by atoms with Crippen LogP contribution in [0.15, 0.2) is 54.4 Å². The third kappa shape index (κ3) is 5.68. The van der Waals surface area contributed by atoms with Crippen molar-refractivity contribution in [1.29, 1.82) is 10.5 Å². The van der Waals surface area contributed by atoms with Crippen molar-refractivity contribution < 1.29 is 17.5 Å². The zero-order valence-corrected chi connectivity index (χ0v) is 23.3. The molecule has 0 spiro atoms. The van der Waals surface area contributed by atoms with Gasteiger partial charge in [0.05, 0.1) is 57.8 Å². The van der Waals surface area contributed by atoms with Crippen molar-refractivity contribution in [3.63, 3.8) is 0 Å². The number of hydrogen-bond donors (Lipinski definition) is 0. The summed E-state index contributed by atoms with van der Waals surface area (Å²) in [5.41, 5.74) is 5.09. The lowest BCUT2D eigenvalue weighted by molar-refractivity contribution is -0.670. The lowest BCUT2D eigenvalue weighted by atomic mass is 10.2. The number of nitrogens with zero attached hydrogens (tertiary/aromatic N) is 6. The summed E-state index contributed by atoms with van der Waals surface area (Å²) in [5.74, 6) is 1.53. The first kappa shape index (κ1) is 27.9. The second kappa shape index (κ2) is 11.7. The molecule has 3 aromatic rings. The maximum absolute atomic E-state index is 11.1. The fourth-order valence-corrected chi connectivity index (χ4v) is 5.78. The van der Waals surface area contributed by atoms with E-state index in [1.54, 1.807) is 6.07 Å². The van der Waals surface area contributed by atoms with Crippen molar-refractivity contribution >= 4 is 38.6 Å². The molecule has 0 fully saturated rings. The molecule has 0 saturated carbocycles. The number of allylic oxidation sites excluding steroid dienone is 2. The molecule has 0 radical (unpaired) electrons. The van der Waals surface area contributed by atoms with E-state index in [4.69, 9.17) is 0 Å². The van der Waals surface area contributed by atoms with Crippen LogP contribution in [-0.2, 0) is 23.2 Å². The van der Waals surface area contributed by atoms with Crippen molar-refractivity contribution in [2.24, 2.45) is 0 Å². The van der Waals surface area contributed by atoms with Crippen molar-refractivity contribution in [2.75, 3.05) is 28.6 Å². The fraction of sp³-hybridized carbons (Fsp3) is 0.345. The molecule has 202 valence electrons. The minimum absolute atomic E-state index is 0.267. The van der Waals surface area contributed by atoms with Crippen LogP contribution in [0.4, 0.5) is 11.4 Å². The van der Waals surface area contributed by atoms with Crippen LogP contribution >= 0.6 is 0 Å². The minimum atomic E-state index is -4.26. The maximum Gasteiger partial charge on any atom is 0.282 e. The fourth-order valence-electron chi connectivity index (χ4n) is 5.22. The maximum atomic E-state index is 11.1. The highest BCUT2D eigenvalue weighted by Gasteiger charge is 2.29. The van der Waals surface area contributed by atoms with E-state index in [0.717, 1.165) is 47.1 Å². The van der Waals surface area contributed by atoms with E-state index in [1.165, 1.54) is 0 Å². The van der Waals surface area contributed by atoms with Gasteiger partial charge < -0.3 is 14.4 Å². The van der Waals surface area contributed by atoms with Gasteiger partial charge in [0.25, 0.3) is 5.82 Å². The number of fused-ring (bicyclic) bond motifs is 2. The molecular formula is C29H32N6O3S. The van der Waals surface area contributed by atoms with Crippen LogP contribution in [0.3, 0.4) is 0 Å². The van der Waals surface area contributed by atoms with Crippen LogP contribution in [0.1, 0.15) is 50.6 Å². The SMILES string of the molecule is CCN1C(=CC=Cc2n(CCCCS(=O)(=O)[O-])c3cc(C#N)ccc3[n+]2CC)N(CC)c2cc(C#N)ccc21. The summed E-state index contributed by atoms with van der Waals surface area (Å²) in [6.45, 7) is 8.95. The topological polar surface area (TPSA) is 120 Å². The summed E-state index contributed by atoms with van der Waals surface area (Å²) in [7, 11) is -4.26. The monoisotopic (exact) mass is 544 g/mol. The van der Waals surface area contributed by atoms with Crippen molar-refractivity contribution in [2.45, 2.75) is 46.7 Å². The molecule has 0 amide bonds. The van der Waals surface area contributed by atoms with Gasteiger partial charge in [-0.1, -0.05) is 6.08 Å². The van der Waals surface area contributed by atoms with E-state index in [0.29, 0.717) is 30.6 Å². The highest BCUT2D eigenvalue weighted by molar-refractivity contribution is 7.85. The van der Waals surface area contributed by atoms with Gasteiger partial charge in [0.15, 0.2) is 11.0 Å². The second-order valence-electron chi connectivity index (χ2n) is 9.23.